The first-order chi connectivity index (χ1) is 16.0. The number of amides is 1. The van der Waals surface area contributed by atoms with Gasteiger partial charge in [0.15, 0.2) is 5.16 Å². The summed E-state index contributed by atoms with van der Waals surface area (Å²) in [4.78, 5) is 30.1. The molecule has 0 bridgehead atoms. The molecule has 0 atom stereocenters. The SMILES string of the molecule is COc1ccc(-n2c(SCC(=O)NN=Cc3cccc(F)c3)nc3ccccc3c2=O)cc1. The zero-order valence-corrected chi connectivity index (χ0v) is 18.4. The van der Waals surface area contributed by atoms with Crippen molar-refractivity contribution in [3.8, 4) is 11.4 Å². The molecule has 33 heavy (non-hydrogen) atoms. The lowest BCUT2D eigenvalue weighted by atomic mass is 10.2. The second-order valence-electron chi connectivity index (χ2n) is 6.89. The van der Waals surface area contributed by atoms with Crippen LogP contribution >= 0.6 is 11.8 Å². The van der Waals surface area contributed by atoms with Gasteiger partial charge in [0.1, 0.15) is 11.6 Å². The van der Waals surface area contributed by atoms with Crippen molar-refractivity contribution in [3.05, 3.63) is 94.5 Å². The maximum Gasteiger partial charge on any atom is 0.266 e. The Hall–Kier alpha value is -3.98. The van der Waals surface area contributed by atoms with Gasteiger partial charge in [-0.15, -0.1) is 0 Å². The van der Waals surface area contributed by atoms with Crippen LogP contribution in [-0.2, 0) is 4.79 Å². The molecular formula is C24H19FN4O3S. The molecule has 1 heterocycles. The zero-order valence-electron chi connectivity index (χ0n) is 17.6. The molecule has 1 N–H and O–H groups in total. The number of aromatic nitrogens is 2. The van der Waals surface area contributed by atoms with Gasteiger partial charge in [-0.1, -0.05) is 36.0 Å². The number of hydrogen-bond donors (Lipinski definition) is 1. The number of carbonyl (C=O) groups is 1. The van der Waals surface area contributed by atoms with Gasteiger partial charge in [-0.25, -0.2) is 14.8 Å². The summed E-state index contributed by atoms with van der Waals surface area (Å²) in [7, 11) is 1.56. The minimum absolute atomic E-state index is 0.0264. The number of benzene rings is 3. The van der Waals surface area contributed by atoms with Crippen molar-refractivity contribution in [2.45, 2.75) is 5.16 Å². The molecule has 0 aliphatic rings. The molecule has 4 aromatic rings. The van der Waals surface area contributed by atoms with Crippen molar-refractivity contribution >= 4 is 34.8 Å². The number of halogens is 1. The molecular weight excluding hydrogens is 443 g/mol. The van der Waals surface area contributed by atoms with Gasteiger partial charge in [-0.3, -0.25) is 14.2 Å². The standard InChI is InChI=1S/C24H19FN4O3S/c1-32-19-11-9-18(10-12-19)29-23(31)20-7-2-3-8-21(20)27-24(29)33-15-22(30)28-26-14-16-5-4-6-17(25)13-16/h2-14H,15H2,1H3,(H,28,30). The van der Waals surface area contributed by atoms with Gasteiger partial charge >= 0.3 is 0 Å². The van der Waals surface area contributed by atoms with E-state index in [9.17, 15) is 14.0 Å². The number of thioether (sulfide) groups is 1. The number of methoxy groups -OCH3 is 1. The fraction of sp³-hybridized carbons (Fsp3) is 0.0833. The van der Waals surface area contributed by atoms with E-state index in [0.29, 0.717) is 33.1 Å². The first-order valence-corrected chi connectivity index (χ1v) is 10.9. The second kappa shape index (κ2) is 10.1. The molecule has 0 saturated carbocycles. The van der Waals surface area contributed by atoms with Crippen LogP contribution in [0.2, 0.25) is 0 Å². The van der Waals surface area contributed by atoms with Crippen LogP contribution in [0.1, 0.15) is 5.56 Å². The molecule has 0 fully saturated rings. The van der Waals surface area contributed by atoms with Gasteiger partial charge in [0.05, 0.1) is 35.7 Å². The Morgan fingerprint density at radius 2 is 1.94 bits per heavy atom. The summed E-state index contributed by atoms with van der Waals surface area (Å²) in [6.45, 7) is 0. The first kappa shape index (κ1) is 22.2. The van der Waals surface area contributed by atoms with E-state index in [1.54, 1.807) is 67.8 Å². The Morgan fingerprint density at radius 1 is 1.15 bits per heavy atom. The molecule has 9 heteroatoms. The minimum Gasteiger partial charge on any atom is -0.497 e. The van der Waals surface area contributed by atoms with E-state index >= 15 is 0 Å². The number of fused-ring (bicyclic) bond motifs is 1. The molecule has 0 saturated heterocycles. The summed E-state index contributed by atoms with van der Waals surface area (Å²) >= 11 is 1.11. The van der Waals surface area contributed by atoms with Gasteiger partial charge in [0.2, 0.25) is 0 Å². The van der Waals surface area contributed by atoms with Crippen LogP contribution in [-0.4, -0.2) is 34.5 Å². The van der Waals surface area contributed by atoms with Crippen molar-refractivity contribution in [1.29, 1.82) is 0 Å². The number of para-hydroxylation sites is 1. The Morgan fingerprint density at radius 3 is 2.70 bits per heavy atom. The highest BCUT2D eigenvalue weighted by atomic mass is 32.2. The maximum absolute atomic E-state index is 13.2. The van der Waals surface area contributed by atoms with Crippen LogP contribution in [0, 0.1) is 5.82 Å². The fourth-order valence-electron chi connectivity index (χ4n) is 3.10. The van der Waals surface area contributed by atoms with Gasteiger partial charge in [-0.2, -0.15) is 5.10 Å². The van der Waals surface area contributed by atoms with Crippen LogP contribution in [0.15, 0.2) is 87.8 Å². The third-order valence-corrected chi connectivity index (χ3v) is 5.60. The number of ether oxygens (including phenoxy) is 1. The molecule has 0 aliphatic heterocycles. The molecule has 7 nitrogen and oxygen atoms in total. The van der Waals surface area contributed by atoms with E-state index in [4.69, 9.17) is 4.74 Å². The smallest absolute Gasteiger partial charge is 0.266 e. The van der Waals surface area contributed by atoms with Gasteiger partial charge in [-0.05, 0) is 54.1 Å². The highest BCUT2D eigenvalue weighted by Gasteiger charge is 2.15. The fourth-order valence-corrected chi connectivity index (χ4v) is 3.90. The Bertz CT molecular complexity index is 1390. The second-order valence-corrected chi connectivity index (χ2v) is 7.83. The number of hydrogen-bond acceptors (Lipinski definition) is 6. The first-order valence-electron chi connectivity index (χ1n) is 9.91. The van der Waals surface area contributed by atoms with Crippen LogP contribution in [0.25, 0.3) is 16.6 Å². The van der Waals surface area contributed by atoms with E-state index in [1.165, 1.54) is 22.9 Å². The molecule has 4 rings (SSSR count). The lowest BCUT2D eigenvalue weighted by molar-refractivity contribution is -0.118. The minimum atomic E-state index is -0.392. The molecule has 0 spiro atoms. The normalized spacial score (nSPS) is 11.1. The van der Waals surface area contributed by atoms with Crippen molar-refractivity contribution in [2.75, 3.05) is 12.9 Å². The average Bonchev–Trinajstić information content (AvgIpc) is 2.83. The number of carbonyl (C=O) groups excluding carboxylic acids is 1. The van der Waals surface area contributed by atoms with E-state index in [0.717, 1.165) is 11.8 Å². The molecule has 1 aromatic heterocycles. The summed E-state index contributed by atoms with van der Waals surface area (Å²) in [6, 6.07) is 19.9. The largest absolute Gasteiger partial charge is 0.497 e. The van der Waals surface area contributed by atoms with Crippen molar-refractivity contribution in [1.82, 2.24) is 15.0 Å². The quantitative estimate of drug-likeness (QED) is 0.196. The Labute approximate surface area is 192 Å². The van der Waals surface area contributed by atoms with Crippen LogP contribution < -0.4 is 15.7 Å². The van der Waals surface area contributed by atoms with E-state index < -0.39 is 5.91 Å². The number of hydrazone groups is 1. The highest BCUT2D eigenvalue weighted by molar-refractivity contribution is 7.99. The van der Waals surface area contributed by atoms with Gasteiger partial charge in [0, 0.05) is 0 Å². The van der Waals surface area contributed by atoms with Crippen LogP contribution in [0.3, 0.4) is 0 Å². The Kier molecular flexibility index (Phi) is 6.80. The third-order valence-electron chi connectivity index (χ3n) is 4.66. The summed E-state index contributed by atoms with van der Waals surface area (Å²) in [5.41, 5.74) is 3.83. The summed E-state index contributed by atoms with van der Waals surface area (Å²) in [5.74, 6) is -0.150. The van der Waals surface area contributed by atoms with Crippen molar-refractivity contribution in [3.63, 3.8) is 0 Å². The zero-order chi connectivity index (χ0) is 23.2. The summed E-state index contributed by atoms with van der Waals surface area (Å²) < 4.78 is 19.9. The molecule has 0 aliphatic carbocycles. The van der Waals surface area contributed by atoms with Crippen molar-refractivity contribution in [2.24, 2.45) is 5.10 Å². The number of rotatable bonds is 7. The monoisotopic (exact) mass is 462 g/mol. The number of nitrogens with one attached hydrogen (secondary N) is 1. The van der Waals surface area contributed by atoms with Gasteiger partial charge < -0.3 is 4.74 Å². The van der Waals surface area contributed by atoms with Crippen molar-refractivity contribution < 1.29 is 13.9 Å². The predicted octanol–water partition coefficient (Wildman–Crippen LogP) is 3.78. The third kappa shape index (κ3) is 5.27. The summed E-state index contributed by atoms with van der Waals surface area (Å²) in [5, 5.41) is 4.70. The van der Waals surface area contributed by atoms with Crippen LogP contribution in [0.4, 0.5) is 4.39 Å². The van der Waals surface area contributed by atoms with E-state index in [2.05, 4.69) is 15.5 Å². The predicted molar refractivity (Wildman–Crippen MR) is 127 cm³/mol. The van der Waals surface area contributed by atoms with E-state index in [-0.39, 0.29) is 17.1 Å². The summed E-state index contributed by atoms with van der Waals surface area (Å²) in [6.07, 6.45) is 1.35. The molecule has 0 radical (unpaired) electrons. The maximum atomic E-state index is 13.2. The number of nitrogens with zero attached hydrogens (tertiary/aromatic N) is 3. The average molecular weight is 463 g/mol. The topological polar surface area (TPSA) is 85.6 Å². The lowest BCUT2D eigenvalue weighted by Gasteiger charge is -2.13. The highest BCUT2D eigenvalue weighted by Crippen LogP contribution is 2.22. The Balaban J connectivity index is 1.57. The molecule has 166 valence electrons. The lowest BCUT2D eigenvalue weighted by Crippen LogP contribution is -2.24. The van der Waals surface area contributed by atoms with E-state index in [1.807, 2.05) is 0 Å². The van der Waals surface area contributed by atoms with Gasteiger partial charge in [0.25, 0.3) is 11.5 Å². The molecule has 1 amide bonds. The van der Waals surface area contributed by atoms with Crippen LogP contribution in [0.5, 0.6) is 5.75 Å². The molecule has 0 unspecified atom stereocenters. The molecule has 3 aromatic carbocycles.